The predicted octanol–water partition coefficient (Wildman–Crippen LogP) is 1.75. The molecule has 1 aliphatic rings. The minimum atomic E-state index is -0.359. The summed E-state index contributed by atoms with van der Waals surface area (Å²) < 4.78 is 4.96. The van der Waals surface area contributed by atoms with Crippen molar-refractivity contribution in [3.63, 3.8) is 0 Å². The molecule has 3 nitrogen and oxygen atoms in total. The molecule has 0 aliphatic heterocycles. The third-order valence-electron chi connectivity index (χ3n) is 3.63. The summed E-state index contributed by atoms with van der Waals surface area (Å²) in [5.74, 6) is 1.63. The van der Waals surface area contributed by atoms with Crippen LogP contribution in [0.4, 0.5) is 0 Å². The van der Waals surface area contributed by atoms with E-state index in [9.17, 15) is 5.11 Å². The van der Waals surface area contributed by atoms with E-state index in [1.54, 1.807) is 7.11 Å². The zero-order valence-electron chi connectivity index (χ0n) is 11.1. The summed E-state index contributed by atoms with van der Waals surface area (Å²) in [5, 5.41) is 9.72. The number of aliphatic hydroxyl groups is 1. The first-order chi connectivity index (χ1) is 7.52. The second kappa shape index (κ2) is 6.58. The summed E-state index contributed by atoms with van der Waals surface area (Å²) in [6.45, 7) is 5.82. The van der Waals surface area contributed by atoms with Gasteiger partial charge in [0.15, 0.2) is 0 Å². The average Bonchev–Trinajstić information content (AvgIpc) is 2.16. The van der Waals surface area contributed by atoms with Gasteiger partial charge in [0.05, 0.1) is 12.7 Å². The summed E-state index contributed by atoms with van der Waals surface area (Å²) in [4.78, 5) is 2.30. The van der Waals surface area contributed by atoms with Crippen molar-refractivity contribution in [1.29, 1.82) is 0 Å². The van der Waals surface area contributed by atoms with Gasteiger partial charge in [0.2, 0.25) is 0 Å². The van der Waals surface area contributed by atoms with Gasteiger partial charge in [-0.2, -0.15) is 0 Å². The third kappa shape index (κ3) is 4.40. The van der Waals surface area contributed by atoms with Crippen molar-refractivity contribution >= 4 is 0 Å². The minimum Gasteiger partial charge on any atom is -0.389 e. The third-order valence-corrected chi connectivity index (χ3v) is 3.63. The van der Waals surface area contributed by atoms with Crippen LogP contribution >= 0.6 is 0 Å². The maximum atomic E-state index is 9.72. The molecule has 0 aromatic rings. The van der Waals surface area contributed by atoms with E-state index in [2.05, 4.69) is 25.8 Å². The van der Waals surface area contributed by atoms with Crippen molar-refractivity contribution in [2.45, 2.75) is 45.3 Å². The van der Waals surface area contributed by atoms with Crippen LogP contribution in [-0.2, 0) is 4.74 Å². The van der Waals surface area contributed by atoms with Gasteiger partial charge in [-0.15, -0.1) is 0 Å². The maximum Gasteiger partial charge on any atom is 0.0900 e. The van der Waals surface area contributed by atoms with E-state index in [0.29, 0.717) is 12.6 Å². The fourth-order valence-corrected chi connectivity index (χ4v) is 2.99. The normalized spacial score (nSPS) is 33.0. The first-order valence-corrected chi connectivity index (χ1v) is 6.40. The zero-order chi connectivity index (χ0) is 12.1. The van der Waals surface area contributed by atoms with Crippen LogP contribution in [0.1, 0.15) is 33.1 Å². The highest BCUT2D eigenvalue weighted by Gasteiger charge is 2.27. The Balaban J connectivity index is 2.37. The van der Waals surface area contributed by atoms with Crippen molar-refractivity contribution in [3.05, 3.63) is 0 Å². The van der Waals surface area contributed by atoms with Crippen LogP contribution in [0, 0.1) is 11.8 Å². The number of hydrogen-bond donors (Lipinski definition) is 1. The van der Waals surface area contributed by atoms with Gasteiger partial charge >= 0.3 is 0 Å². The van der Waals surface area contributed by atoms with E-state index in [1.807, 2.05) is 0 Å². The lowest BCUT2D eigenvalue weighted by atomic mass is 9.80. The molecule has 1 aliphatic carbocycles. The minimum absolute atomic E-state index is 0.359. The number of likely N-dealkylation sites (N-methyl/N-ethyl adjacent to an activating group) is 1. The van der Waals surface area contributed by atoms with Crippen molar-refractivity contribution in [3.8, 4) is 0 Å². The monoisotopic (exact) mass is 229 g/mol. The highest BCUT2D eigenvalue weighted by molar-refractivity contribution is 4.81. The molecule has 0 amide bonds. The standard InChI is InChI=1S/C13H27NO2/c1-10-5-11(2)7-12(6-10)14(3)8-13(15)9-16-4/h10-13,15H,5-9H2,1-4H3. The summed E-state index contributed by atoms with van der Waals surface area (Å²) in [7, 11) is 3.75. The van der Waals surface area contributed by atoms with Crippen LogP contribution in [-0.4, -0.2) is 49.5 Å². The average molecular weight is 229 g/mol. The molecule has 1 rings (SSSR count). The smallest absolute Gasteiger partial charge is 0.0900 e. The molecule has 0 spiro atoms. The lowest BCUT2D eigenvalue weighted by molar-refractivity contribution is 0.0232. The van der Waals surface area contributed by atoms with Crippen LogP contribution in [0.15, 0.2) is 0 Å². The van der Waals surface area contributed by atoms with Crippen LogP contribution < -0.4 is 0 Å². The van der Waals surface area contributed by atoms with Gasteiger partial charge in [-0.1, -0.05) is 13.8 Å². The van der Waals surface area contributed by atoms with E-state index in [4.69, 9.17) is 4.74 Å². The highest BCUT2D eigenvalue weighted by Crippen LogP contribution is 2.30. The SMILES string of the molecule is COCC(O)CN(C)C1CC(C)CC(C)C1. The van der Waals surface area contributed by atoms with Crippen molar-refractivity contribution in [2.75, 3.05) is 27.3 Å². The molecule has 0 aromatic heterocycles. The number of methoxy groups -OCH3 is 1. The van der Waals surface area contributed by atoms with Crippen LogP contribution in [0.3, 0.4) is 0 Å². The largest absolute Gasteiger partial charge is 0.389 e. The van der Waals surface area contributed by atoms with Crippen molar-refractivity contribution in [2.24, 2.45) is 11.8 Å². The molecule has 3 atom stereocenters. The number of rotatable bonds is 5. The molecule has 0 aromatic carbocycles. The Morgan fingerprint density at radius 1 is 1.25 bits per heavy atom. The highest BCUT2D eigenvalue weighted by atomic mass is 16.5. The van der Waals surface area contributed by atoms with E-state index in [-0.39, 0.29) is 6.10 Å². The fourth-order valence-electron chi connectivity index (χ4n) is 2.99. The van der Waals surface area contributed by atoms with Gasteiger partial charge in [-0.3, -0.25) is 0 Å². The Bertz CT molecular complexity index is 188. The lowest BCUT2D eigenvalue weighted by Gasteiger charge is -2.38. The molecular formula is C13H27NO2. The van der Waals surface area contributed by atoms with E-state index < -0.39 is 0 Å². The van der Waals surface area contributed by atoms with Gasteiger partial charge in [-0.25, -0.2) is 0 Å². The summed E-state index contributed by atoms with van der Waals surface area (Å²) in [6, 6.07) is 0.630. The summed E-state index contributed by atoms with van der Waals surface area (Å²) in [6.07, 6.45) is 3.52. The summed E-state index contributed by atoms with van der Waals surface area (Å²) in [5.41, 5.74) is 0. The Labute approximate surface area is 99.8 Å². The number of nitrogens with zero attached hydrogens (tertiary/aromatic N) is 1. The molecule has 0 heterocycles. The van der Waals surface area contributed by atoms with Gasteiger partial charge in [0.25, 0.3) is 0 Å². The molecule has 0 radical (unpaired) electrons. The van der Waals surface area contributed by atoms with E-state index in [0.717, 1.165) is 18.4 Å². The molecule has 1 N–H and O–H groups in total. The van der Waals surface area contributed by atoms with E-state index >= 15 is 0 Å². The molecular weight excluding hydrogens is 202 g/mol. The number of aliphatic hydroxyl groups excluding tert-OH is 1. The lowest BCUT2D eigenvalue weighted by Crippen LogP contribution is -2.42. The second-order valence-corrected chi connectivity index (χ2v) is 5.62. The van der Waals surface area contributed by atoms with Gasteiger partial charge in [0, 0.05) is 19.7 Å². The van der Waals surface area contributed by atoms with Crippen LogP contribution in [0.25, 0.3) is 0 Å². The molecule has 3 unspecified atom stereocenters. The van der Waals surface area contributed by atoms with E-state index in [1.165, 1.54) is 19.3 Å². The Morgan fingerprint density at radius 2 is 1.81 bits per heavy atom. The van der Waals surface area contributed by atoms with Gasteiger partial charge in [-0.05, 0) is 38.1 Å². The van der Waals surface area contributed by atoms with Crippen molar-refractivity contribution in [1.82, 2.24) is 4.90 Å². The van der Waals surface area contributed by atoms with Crippen molar-refractivity contribution < 1.29 is 9.84 Å². The van der Waals surface area contributed by atoms with Crippen LogP contribution in [0.2, 0.25) is 0 Å². The van der Waals surface area contributed by atoms with Gasteiger partial charge in [0.1, 0.15) is 0 Å². The molecule has 16 heavy (non-hydrogen) atoms. The number of ether oxygens (including phenoxy) is 1. The molecule has 0 bridgehead atoms. The molecule has 0 saturated heterocycles. The number of hydrogen-bond acceptors (Lipinski definition) is 3. The Hall–Kier alpha value is -0.120. The molecule has 1 fully saturated rings. The topological polar surface area (TPSA) is 32.7 Å². The molecule has 3 heteroatoms. The Kier molecular flexibility index (Phi) is 5.73. The maximum absolute atomic E-state index is 9.72. The first-order valence-electron chi connectivity index (χ1n) is 6.40. The fraction of sp³-hybridized carbons (Fsp3) is 1.00. The Morgan fingerprint density at radius 3 is 2.31 bits per heavy atom. The summed E-state index contributed by atoms with van der Waals surface area (Å²) >= 11 is 0. The van der Waals surface area contributed by atoms with Gasteiger partial charge < -0.3 is 14.7 Å². The van der Waals surface area contributed by atoms with Crippen LogP contribution in [0.5, 0.6) is 0 Å². The first kappa shape index (κ1) is 13.9. The quantitative estimate of drug-likeness (QED) is 0.779. The molecule has 96 valence electrons. The zero-order valence-corrected chi connectivity index (χ0v) is 11.1. The second-order valence-electron chi connectivity index (χ2n) is 5.62. The predicted molar refractivity (Wildman–Crippen MR) is 66.5 cm³/mol. The molecule has 1 saturated carbocycles.